The van der Waals surface area contributed by atoms with E-state index in [1.54, 1.807) is 20.1 Å². The summed E-state index contributed by atoms with van der Waals surface area (Å²) >= 11 is 1.37. The molecule has 3 rings (SSSR count). The van der Waals surface area contributed by atoms with Gasteiger partial charge in [-0.05, 0) is 81.6 Å². The van der Waals surface area contributed by atoms with E-state index < -0.39 is 120 Å². The molecule has 24 nitrogen and oxygen atoms in total. The number of nitrogens with one attached hydrogen (secondary N) is 7. The van der Waals surface area contributed by atoms with E-state index in [0.717, 1.165) is 21.6 Å². The van der Waals surface area contributed by atoms with Crippen molar-refractivity contribution in [3.63, 3.8) is 0 Å². The van der Waals surface area contributed by atoms with Gasteiger partial charge in [-0.25, -0.2) is 4.79 Å². The van der Waals surface area contributed by atoms with Gasteiger partial charge in [0.15, 0.2) is 5.96 Å². The largest absolute Gasteiger partial charge is 0.508 e. The van der Waals surface area contributed by atoms with Crippen molar-refractivity contribution in [3.05, 3.63) is 29.8 Å². The van der Waals surface area contributed by atoms with Crippen molar-refractivity contribution >= 4 is 92.5 Å². The van der Waals surface area contributed by atoms with Crippen molar-refractivity contribution in [2.24, 2.45) is 28.1 Å². The van der Waals surface area contributed by atoms with Crippen LogP contribution < -0.4 is 54.4 Å². The maximum Gasteiger partial charge on any atom is 0.327 e. The number of rotatable bonds is 12. The first-order valence-corrected chi connectivity index (χ1v) is 26.6. The molecule has 0 radical (unpaired) electrons. The summed E-state index contributed by atoms with van der Waals surface area (Å²) in [5.74, 6) is -8.50. The number of aliphatic carboxylic acids is 1. The van der Waals surface area contributed by atoms with Gasteiger partial charge in [-0.3, -0.25) is 43.3 Å². The van der Waals surface area contributed by atoms with Crippen LogP contribution in [0.5, 0.6) is 5.75 Å². The molecule has 70 heavy (non-hydrogen) atoms. The lowest BCUT2D eigenvalue weighted by atomic mass is 10.0. The SMILES string of the molecule is CSCC[C@@H]1NC(=O)[C@@H]2CCCN2C(=O)[C@H](C(C)C)NC(=O)[C@@H](N)CSSC[C@@H](C(=O)O)NC(=O)[C@H](C)NC(=O)[C@H](CCCN=C(N)N)NC(=O)[C@H](Cc2ccc(O)cc2)NC(=O)[C@H]([C@@H](C)O)NC1=O. The molecule has 0 bridgehead atoms. The number of carbonyl (C=O) groups excluding carboxylic acids is 8. The standard InChI is InChI=1S/C43H68N12O12S3/c1-21(2)32-41(65)55-16-7-9-31(55)39(63)50-28(14-17-68-5)37(61)54-33(23(4)56)40(64)51-29(18-24-10-12-25(57)13-11-24)38(62)49-27(8-6-15-47-43(45)46)36(60)48-22(3)34(58)52-30(42(66)67)20-70-69-19-26(44)35(59)53-32/h10-13,21-23,26-33,56-57H,6-9,14-20,44H2,1-5H3,(H,48,60)(H,49,62)(H,50,63)(H,51,64)(H,52,58)(H,53,59)(H,54,61)(H,66,67)(H4,45,46,47)/t22-,23+,26-,27-,28-,29-,30-,31-,32-,33-/m0/s1. The second kappa shape index (κ2) is 29.0. The molecule has 1 aromatic rings. The van der Waals surface area contributed by atoms with Gasteiger partial charge >= 0.3 is 5.97 Å². The minimum atomic E-state index is -1.71. The zero-order valence-corrected chi connectivity index (χ0v) is 42.3. The number of phenols is 1. The van der Waals surface area contributed by atoms with Gasteiger partial charge in [0.25, 0.3) is 0 Å². The van der Waals surface area contributed by atoms with E-state index in [1.165, 1.54) is 54.8 Å². The fraction of sp³-hybridized carbons (Fsp3) is 0.628. The molecule has 0 aliphatic carbocycles. The molecular weight excluding hydrogens is 973 g/mol. The van der Waals surface area contributed by atoms with E-state index >= 15 is 0 Å². The Bertz CT molecular complexity index is 2030. The van der Waals surface area contributed by atoms with Crippen LogP contribution in [-0.2, 0) is 49.6 Å². The highest BCUT2D eigenvalue weighted by atomic mass is 33.1. The highest BCUT2D eigenvalue weighted by molar-refractivity contribution is 8.76. The smallest absolute Gasteiger partial charge is 0.327 e. The molecule has 2 saturated heterocycles. The number of hydrogen-bond donors (Lipinski definition) is 13. The molecular formula is C43H68N12O12S3. The van der Waals surface area contributed by atoms with Crippen molar-refractivity contribution in [2.45, 2.75) is 127 Å². The first-order valence-electron chi connectivity index (χ1n) is 22.7. The number of aromatic hydroxyl groups is 1. The average Bonchev–Trinajstić information content (AvgIpc) is 3.80. The number of aliphatic hydroxyl groups is 1. The van der Waals surface area contributed by atoms with Gasteiger partial charge in [-0.2, -0.15) is 11.8 Å². The number of phenolic OH excluding ortho intramolecular Hbond substituents is 1. The van der Waals surface area contributed by atoms with E-state index in [2.05, 4.69) is 42.2 Å². The first-order chi connectivity index (χ1) is 33.0. The van der Waals surface area contributed by atoms with E-state index in [1.807, 2.05) is 0 Å². The van der Waals surface area contributed by atoms with E-state index in [9.17, 15) is 58.5 Å². The van der Waals surface area contributed by atoms with Crippen LogP contribution in [0.1, 0.15) is 65.4 Å². The maximum absolute atomic E-state index is 14.2. The van der Waals surface area contributed by atoms with Crippen LogP contribution in [0.2, 0.25) is 0 Å². The monoisotopic (exact) mass is 1040 g/mol. The average molecular weight is 1040 g/mol. The number of hydrogen-bond acceptors (Lipinski definition) is 16. The Balaban J connectivity index is 2.07. The van der Waals surface area contributed by atoms with Crippen LogP contribution in [0.15, 0.2) is 29.3 Å². The van der Waals surface area contributed by atoms with E-state index in [0.29, 0.717) is 17.7 Å². The van der Waals surface area contributed by atoms with Gasteiger partial charge in [0, 0.05) is 31.0 Å². The molecule has 2 aliphatic heterocycles. The second-order valence-corrected chi connectivity index (χ2v) is 20.8. The summed E-state index contributed by atoms with van der Waals surface area (Å²) < 4.78 is 0. The summed E-state index contributed by atoms with van der Waals surface area (Å²) in [5.41, 5.74) is 17.6. The van der Waals surface area contributed by atoms with Crippen molar-refractivity contribution < 1.29 is 58.5 Å². The Labute approximate surface area is 418 Å². The third kappa shape index (κ3) is 18.7. The van der Waals surface area contributed by atoms with Crippen molar-refractivity contribution in [1.29, 1.82) is 0 Å². The highest BCUT2D eigenvalue weighted by Crippen LogP contribution is 2.24. The molecule has 2 aliphatic rings. The molecule has 1 aromatic carbocycles. The number of thioether (sulfide) groups is 1. The molecule has 2 fully saturated rings. The predicted octanol–water partition coefficient (Wildman–Crippen LogP) is -3.01. The van der Waals surface area contributed by atoms with Crippen LogP contribution in [0.3, 0.4) is 0 Å². The third-order valence-electron chi connectivity index (χ3n) is 11.2. The number of fused-ring (bicyclic) bond motifs is 1. The van der Waals surface area contributed by atoms with Crippen LogP contribution in [-0.4, -0.2) is 176 Å². The number of nitrogens with two attached hydrogens (primary N) is 3. The Kier molecular flexibility index (Phi) is 24.3. The van der Waals surface area contributed by atoms with Crippen molar-refractivity contribution in [1.82, 2.24) is 42.1 Å². The lowest BCUT2D eigenvalue weighted by molar-refractivity contribution is -0.143. The summed E-state index contributed by atoms with van der Waals surface area (Å²) in [4.78, 5) is 128. The van der Waals surface area contributed by atoms with Crippen molar-refractivity contribution in [3.8, 4) is 5.75 Å². The number of amides is 8. The third-order valence-corrected chi connectivity index (χ3v) is 14.3. The zero-order chi connectivity index (χ0) is 52.2. The van der Waals surface area contributed by atoms with Gasteiger partial charge in [-0.15, -0.1) is 0 Å². The minimum absolute atomic E-state index is 0.0282. The number of carboxylic acids is 1. The number of aliphatic imine (C=N–C) groups is 1. The predicted molar refractivity (Wildman–Crippen MR) is 266 cm³/mol. The zero-order valence-electron chi connectivity index (χ0n) is 39.8. The molecule has 0 spiro atoms. The Morgan fingerprint density at radius 2 is 1.37 bits per heavy atom. The summed E-state index contributed by atoms with van der Waals surface area (Å²) in [6.07, 6.45) is 0.746. The minimum Gasteiger partial charge on any atom is -0.508 e. The lowest BCUT2D eigenvalue weighted by Crippen LogP contribution is -2.62. The van der Waals surface area contributed by atoms with Crippen LogP contribution >= 0.6 is 33.3 Å². The molecule has 390 valence electrons. The van der Waals surface area contributed by atoms with Crippen LogP contribution in [0, 0.1) is 5.92 Å². The number of carboxylic acid groups (broad SMARTS) is 1. The lowest BCUT2D eigenvalue weighted by Gasteiger charge is -2.32. The molecule has 2 heterocycles. The molecule has 8 amide bonds. The number of aliphatic hydroxyl groups excluding tert-OH is 1. The Hall–Kier alpha value is -5.51. The normalized spacial score (nSPS) is 27.1. The number of carbonyl (C=O) groups is 9. The molecule has 0 aromatic heterocycles. The van der Waals surface area contributed by atoms with Gasteiger partial charge in [0.05, 0.1) is 12.1 Å². The maximum atomic E-state index is 14.2. The van der Waals surface area contributed by atoms with Crippen LogP contribution in [0.4, 0.5) is 0 Å². The number of benzene rings is 1. The number of guanidine groups is 1. The van der Waals surface area contributed by atoms with Gasteiger partial charge in [0.1, 0.15) is 54.1 Å². The van der Waals surface area contributed by atoms with Crippen LogP contribution in [0.25, 0.3) is 0 Å². The number of nitrogens with zero attached hydrogens (tertiary/aromatic N) is 2. The van der Waals surface area contributed by atoms with Gasteiger partial charge in [0.2, 0.25) is 47.3 Å². The summed E-state index contributed by atoms with van der Waals surface area (Å²) in [6.45, 7) is 6.12. The quantitative estimate of drug-likeness (QED) is 0.0429. The van der Waals surface area contributed by atoms with E-state index in [4.69, 9.17) is 17.2 Å². The molecule has 10 atom stereocenters. The summed E-state index contributed by atoms with van der Waals surface area (Å²) in [5, 5.41) is 48.7. The Morgan fingerprint density at radius 3 is 1.99 bits per heavy atom. The summed E-state index contributed by atoms with van der Waals surface area (Å²) in [6, 6.07) is -6.32. The fourth-order valence-electron chi connectivity index (χ4n) is 7.23. The topological polar surface area (TPSA) is 392 Å². The van der Waals surface area contributed by atoms with E-state index in [-0.39, 0.29) is 68.4 Å². The van der Waals surface area contributed by atoms with Gasteiger partial charge < -0.3 is 74.6 Å². The second-order valence-electron chi connectivity index (χ2n) is 17.2. The van der Waals surface area contributed by atoms with Gasteiger partial charge in [-0.1, -0.05) is 47.6 Å². The molecule has 0 saturated carbocycles. The first kappa shape index (κ1) is 58.8. The summed E-state index contributed by atoms with van der Waals surface area (Å²) in [7, 11) is 2.05. The highest BCUT2D eigenvalue weighted by Gasteiger charge is 2.41. The molecule has 16 N–H and O–H groups in total. The Morgan fingerprint density at radius 1 is 0.786 bits per heavy atom. The fourth-order valence-corrected chi connectivity index (χ4v) is 9.98. The molecule has 27 heteroatoms. The molecule has 0 unspecified atom stereocenters. The van der Waals surface area contributed by atoms with Crippen molar-refractivity contribution in [2.75, 3.05) is 36.6 Å².